The summed E-state index contributed by atoms with van der Waals surface area (Å²) >= 11 is 6.21. The summed E-state index contributed by atoms with van der Waals surface area (Å²) in [6.45, 7) is 5.88. The number of carbonyl (C=O) groups excluding carboxylic acids is 1. The van der Waals surface area contributed by atoms with Gasteiger partial charge in [0.2, 0.25) is 0 Å². The minimum Gasteiger partial charge on any atom is -0.380 e. The lowest BCUT2D eigenvalue weighted by Crippen LogP contribution is -2.31. The van der Waals surface area contributed by atoms with Gasteiger partial charge in [0, 0.05) is 36.2 Å². The van der Waals surface area contributed by atoms with E-state index in [1.165, 1.54) is 0 Å². The van der Waals surface area contributed by atoms with Crippen molar-refractivity contribution in [2.75, 3.05) is 18.4 Å². The van der Waals surface area contributed by atoms with Crippen LogP contribution in [0.2, 0.25) is 5.02 Å². The minimum atomic E-state index is -0.0278. The molecule has 1 aromatic heterocycles. The molecule has 3 aromatic rings. The summed E-state index contributed by atoms with van der Waals surface area (Å²) in [4.78, 5) is 19.2. The number of nitrogens with one attached hydrogen (secondary N) is 1. The molecule has 134 valence electrons. The van der Waals surface area contributed by atoms with Crippen molar-refractivity contribution in [3.05, 3.63) is 70.9 Å². The number of hydrogen-bond donors (Lipinski definition) is 1. The van der Waals surface area contributed by atoms with Gasteiger partial charge in [0.25, 0.3) is 5.91 Å². The van der Waals surface area contributed by atoms with Gasteiger partial charge in [0.1, 0.15) is 0 Å². The molecular formula is C21H22ClN3O. The number of pyridine rings is 1. The summed E-state index contributed by atoms with van der Waals surface area (Å²) in [5.41, 5.74) is 3.29. The summed E-state index contributed by atoms with van der Waals surface area (Å²) in [6, 6.07) is 15.6. The molecule has 0 aliphatic rings. The largest absolute Gasteiger partial charge is 0.380 e. The van der Waals surface area contributed by atoms with Crippen molar-refractivity contribution in [3.8, 4) is 0 Å². The number of halogens is 1. The highest BCUT2D eigenvalue weighted by atomic mass is 35.5. The van der Waals surface area contributed by atoms with Crippen LogP contribution in [0.15, 0.2) is 54.7 Å². The molecule has 1 N–H and O–H groups in total. The van der Waals surface area contributed by atoms with E-state index in [2.05, 4.69) is 22.4 Å². The van der Waals surface area contributed by atoms with Gasteiger partial charge in [0.05, 0.1) is 16.8 Å². The average Bonchev–Trinajstić information content (AvgIpc) is 2.67. The summed E-state index contributed by atoms with van der Waals surface area (Å²) in [6.07, 6.45) is 1.66. The van der Waals surface area contributed by atoms with Gasteiger partial charge in [-0.1, -0.05) is 41.9 Å². The molecule has 26 heavy (non-hydrogen) atoms. The van der Waals surface area contributed by atoms with Crippen LogP contribution in [0.1, 0.15) is 29.8 Å². The second kappa shape index (κ2) is 8.19. The van der Waals surface area contributed by atoms with E-state index in [1.807, 2.05) is 50.2 Å². The number of anilines is 1. The van der Waals surface area contributed by atoms with Crippen LogP contribution in [-0.2, 0) is 6.54 Å². The maximum absolute atomic E-state index is 13.0. The monoisotopic (exact) mass is 367 g/mol. The van der Waals surface area contributed by atoms with Crippen LogP contribution in [0.3, 0.4) is 0 Å². The standard InChI is InChI=1S/C21H22ClN3O/c1-3-25(4-2)21(26)18-14-23-19-11-10-16(22)12-17(19)20(18)24-13-15-8-6-5-7-9-15/h5-12,14H,3-4,13H2,1-2H3,(H,23,24). The molecule has 0 atom stereocenters. The SMILES string of the molecule is CCN(CC)C(=O)c1cnc2ccc(Cl)cc2c1NCc1ccccc1. The molecule has 0 radical (unpaired) electrons. The maximum Gasteiger partial charge on any atom is 0.257 e. The van der Waals surface area contributed by atoms with Crippen LogP contribution in [-0.4, -0.2) is 28.9 Å². The number of nitrogens with zero attached hydrogens (tertiary/aromatic N) is 2. The lowest BCUT2D eigenvalue weighted by atomic mass is 10.1. The lowest BCUT2D eigenvalue weighted by Gasteiger charge is -2.21. The number of carbonyl (C=O) groups is 1. The van der Waals surface area contributed by atoms with E-state index in [-0.39, 0.29) is 5.91 Å². The minimum absolute atomic E-state index is 0.0278. The Bertz CT molecular complexity index is 908. The van der Waals surface area contributed by atoms with E-state index < -0.39 is 0 Å². The van der Waals surface area contributed by atoms with Gasteiger partial charge in [-0.25, -0.2) is 0 Å². The highest BCUT2D eigenvalue weighted by Crippen LogP contribution is 2.30. The molecule has 0 bridgehead atoms. The van der Waals surface area contributed by atoms with Crippen LogP contribution in [0.25, 0.3) is 10.9 Å². The van der Waals surface area contributed by atoms with Crippen molar-refractivity contribution in [1.82, 2.24) is 9.88 Å². The van der Waals surface area contributed by atoms with Crippen molar-refractivity contribution in [2.24, 2.45) is 0 Å². The molecule has 3 rings (SSSR count). The normalized spacial score (nSPS) is 10.7. The number of benzene rings is 2. The Kier molecular flexibility index (Phi) is 5.74. The van der Waals surface area contributed by atoms with Crippen molar-refractivity contribution >= 4 is 34.1 Å². The van der Waals surface area contributed by atoms with E-state index in [0.29, 0.717) is 30.2 Å². The van der Waals surface area contributed by atoms with Gasteiger partial charge in [-0.05, 0) is 37.6 Å². The zero-order chi connectivity index (χ0) is 18.5. The summed E-state index contributed by atoms with van der Waals surface area (Å²) in [5, 5.41) is 4.91. The second-order valence-corrected chi connectivity index (χ2v) is 6.46. The molecule has 0 saturated carbocycles. The number of aromatic nitrogens is 1. The first-order valence-corrected chi connectivity index (χ1v) is 9.17. The third-order valence-corrected chi connectivity index (χ3v) is 4.66. The van der Waals surface area contributed by atoms with Crippen LogP contribution in [0.4, 0.5) is 5.69 Å². The molecule has 1 heterocycles. The predicted octanol–water partition coefficient (Wildman–Crippen LogP) is 4.98. The third-order valence-electron chi connectivity index (χ3n) is 4.42. The number of hydrogen-bond acceptors (Lipinski definition) is 3. The Morgan fingerprint density at radius 3 is 2.54 bits per heavy atom. The van der Waals surface area contributed by atoms with E-state index >= 15 is 0 Å². The van der Waals surface area contributed by atoms with Crippen LogP contribution in [0, 0.1) is 0 Å². The van der Waals surface area contributed by atoms with Crippen LogP contribution < -0.4 is 5.32 Å². The quantitative estimate of drug-likeness (QED) is 0.668. The topological polar surface area (TPSA) is 45.2 Å². The van der Waals surface area contributed by atoms with E-state index in [9.17, 15) is 4.79 Å². The Balaban J connectivity index is 2.07. The van der Waals surface area contributed by atoms with Crippen molar-refractivity contribution in [1.29, 1.82) is 0 Å². The van der Waals surface area contributed by atoms with Gasteiger partial charge < -0.3 is 10.2 Å². The lowest BCUT2D eigenvalue weighted by molar-refractivity contribution is 0.0773. The fourth-order valence-corrected chi connectivity index (χ4v) is 3.16. The molecule has 5 heteroatoms. The summed E-state index contributed by atoms with van der Waals surface area (Å²) in [7, 11) is 0. The first-order valence-electron chi connectivity index (χ1n) is 8.79. The van der Waals surface area contributed by atoms with Gasteiger partial charge >= 0.3 is 0 Å². The van der Waals surface area contributed by atoms with Crippen molar-refractivity contribution in [3.63, 3.8) is 0 Å². The van der Waals surface area contributed by atoms with E-state index in [1.54, 1.807) is 11.1 Å². The van der Waals surface area contributed by atoms with Gasteiger partial charge in [-0.15, -0.1) is 0 Å². The molecular weight excluding hydrogens is 346 g/mol. The Hall–Kier alpha value is -2.59. The molecule has 0 aliphatic heterocycles. The molecule has 0 spiro atoms. The zero-order valence-corrected chi connectivity index (χ0v) is 15.8. The fourth-order valence-electron chi connectivity index (χ4n) is 2.98. The van der Waals surface area contributed by atoms with Gasteiger partial charge in [0.15, 0.2) is 0 Å². The Labute approximate surface area is 158 Å². The van der Waals surface area contributed by atoms with Crippen molar-refractivity contribution in [2.45, 2.75) is 20.4 Å². The van der Waals surface area contributed by atoms with E-state index in [0.717, 1.165) is 22.2 Å². The molecule has 2 aromatic carbocycles. The molecule has 0 saturated heterocycles. The first kappa shape index (κ1) is 18.2. The average molecular weight is 368 g/mol. The first-order chi connectivity index (χ1) is 12.6. The van der Waals surface area contributed by atoms with E-state index in [4.69, 9.17) is 11.6 Å². The number of rotatable bonds is 6. The molecule has 0 unspecified atom stereocenters. The highest BCUT2D eigenvalue weighted by molar-refractivity contribution is 6.31. The smallest absolute Gasteiger partial charge is 0.257 e. The molecule has 0 aliphatic carbocycles. The van der Waals surface area contributed by atoms with Crippen LogP contribution >= 0.6 is 11.6 Å². The molecule has 4 nitrogen and oxygen atoms in total. The molecule has 0 fully saturated rings. The number of fused-ring (bicyclic) bond motifs is 1. The second-order valence-electron chi connectivity index (χ2n) is 6.02. The third kappa shape index (κ3) is 3.81. The van der Waals surface area contributed by atoms with Gasteiger partial charge in [-0.2, -0.15) is 0 Å². The van der Waals surface area contributed by atoms with Crippen molar-refractivity contribution < 1.29 is 4.79 Å². The maximum atomic E-state index is 13.0. The fraction of sp³-hybridized carbons (Fsp3) is 0.238. The van der Waals surface area contributed by atoms with Gasteiger partial charge in [-0.3, -0.25) is 9.78 Å². The zero-order valence-electron chi connectivity index (χ0n) is 15.0. The molecule has 1 amide bonds. The highest BCUT2D eigenvalue weighted by Gasteiger charge is 2.19. The summed E-state index contributed by atoms with van der Waals surface area (Å²) < 4.78 is 0. The Morgan fingerprint density at radius 2 is 1.85 bits per heavy atom. The predicted molar refractivity (Wildman–Crippen MR) is 108 cm³/mol. The Morgan fingerprint density at radius 1 is 1.12 bits per heavy atom. The number of amides is 1. The summed E-state index contributed by atoms with van der Waals surface area (Å²) in [5.74, 6) is -0.0278. The van der Waals surface area contributed by atoms with Crippen LogP contribution in [0.5, 0.6) is 0 Å².